The predicted molar refractivity (Wildman–Crippen MR) is 83.8 cm³/mol. The van der Waals surface area contributed by atoms with Gasteiger partial charge >= 0.3 is 0 Å². The van der Waals surface area contributed by atoms with Gasteiger partial charge in [0, 0.05) is 18.7 Å². The second-order valence-corrected chi connectivity index (χ2v) is 4.72. The first-order valence-corrected chi connectivity index (χ1v) is 7.23. The van der Waals surface area contributed by atoms with Gasteiger partial charge in [0.1, 0.15) is 11.5 Å². The van der Waals surface area contributed by atoms with Gasteiger partial charge in [0.15, 0.2) is 0 Å². The molecule has 2 rings (SSSR count). The zero-order valence-electron chi connectivity index (χ0n) is 12.6. The van der Waals surface area contributed by atoms with Crippen molar-refractivity contribution < 1.29 is 9.47 Å². The summed E-state index contributed by atoms with van der Waals surface area (Å²) >= 11 is 0. The van der Waals surface area contributed by atoms with Gasteiger partial charge in [-0.15, -0.1) is 0 Å². The minimum atomic E-state index is 0.210. The average molecular weight is 286 g/mol. The van der Waals surface area contributed by atoms with Crippen LogP contribution in [0, 0.1) is 0 Å². The fraction of sp³-hybridized carbons (Fsp3) is 0.353. The molecule has 0 amide bonds. The van der Waals surface area contributed by atoms with Crippen LogP contribution in [0.25, 0.3) is 0 Å². The molecule has 1 atom stereocenters. The number of rotatable bonds is 8. The molecule has 0 saturated carbocycles. The first-order chi connectivity index (χ1) is 10.3. The van der Waals surface area contributed by atoms with E-state index in [2.05, 4.69) is 17.2 Å². The fourth-order valence-corrected chi connectivity index (χ4v) is 2.18. The summed E-state index contributed by atoms with van der Waals surface area (Å²) in [5, 5.41) is 3.46. The Kier molecular flexibility index (Phi) is 6.03. The lowest BCUT2D eigenvalue weighted by molar-refractivity contribution is 0.287. The van der Waals surface area contributed by atoms with Gasteiger partial charge < -0.3 is 14.8 Å². The van der Waals surface area contributed by atoms with Crippen molar-refractivity contribution in [1.82, 2.24) is 10.3 Å². The lowest BCUT2D eigenvalue weighted by atomic mass is 10.1. The maximum Gasteiger partial charge on any atom is 0.137 e. The van der Waals surface area contributed by atoms with Crippen molar-refractivity contribution in [2.75, 3.05) is 20.3 Å². The molecule has 1 heterocycles. The number of methoxy groups -OCH3 is 1. The molecule has 112 valence electrons. The summed E-state index contributed by atoms with van der Waals surface area (Å²) in [7, 11) is 1.65. The minimum Gasteiger partial charge on any atom is -0.495 e. The molecule has 0 bridgehead atoms. The number of nitrogens with one attached hydrogen (secondary N) is 1. The molecule has 0 aliphatic carbocycles. The normalized spacial score (nSPS) is 11.9. The van der Waals surface area contributed by atoms with Crippen molar-refractivity contribution in [1.29, 1.82) is 0 Å². The van der Waals surface area contributed by atoms with E-state index in [1.807, 2.05) is 42.6 Å². The summed E-state index contributed by atoms with van der Waals surface area (Å²) in [6.07, 6.45) is 4.46. The van der Waals surface area contributed by atoms with Gasteiger partial charge in [0.05, 0.1) is 19.9 Å². The molecule has 21 heavy (non-hydrogen) atoms. The van der Waals surface area contributed by atoms with Crippen LogP contribution in [0.3, 0.4) is 0 Å². The second kappa shape index (κ2) is 8.27. The van der Waals surface area contributed by atoms with Crippen LogP contribution >= 0.6 is 0 Å². The molecule has 0 radical (unpaired) electrons. The van der Waals surface area contributed by atoms with E-state index in [1.54, 1.807) is 13.3 Å². The van der Waals surface area contributed by atoms with Crippen LogP contribution in [0.5, 0.6) is 11.5 Å². The van der Waals surface area contributed by atoms with Crippen LogP contribution in [-0.4, -0.2) is 25.2 Å². The van der Waals surface area contributed by atoms with Crippen LogP contribution in [0.15, 0.2) is 48.8 Å². The Morgan fingerprint density at radius 1 is 1.14 bits per heavy atom. The van der Waals surface area contributed by atoms with Crippen LogP contribution in [0.2, 0.25) is 0 Å². The third kappa shape index (κ3) is 4.76. The van der Waals surface area contributed by atoms with E-state index in [1.165, 1.54) is 0 Å². The maximum absolute atomic E-state index is 5.77. The largest absolute Gasteiger partial charge is 0.495 e. The number of hydrogen-bond acceptors (Lipinski definition) is 4. The fourth-order valence-electron chi connectivity index (χ4n) is 2.18. The number of pyridine rings is 1. The van der Waals surface area contributed by atoms with Crippen LogP contribution in [-0.2, 0) is 0 Å². The predicted octanol–water partition coefficient (Wildman–Crippen LogP) is 3.21. The lowest BCUT2D eigenvalue weighted by Gasteiger charge is -2.18. The molecule has 4 nitrogen and oxygen atoms in total. The Bertz CT molecular complexity index is 531. The quantitative estimate of drug-likeness (QED) is 0.809. The van der Waals surface area contributed by atoms with E-state index in [0.29, 0.717) is 6.61 Å². The van der Waals surface area contributed by atoms with Gasteiger partial charge in [-0.3, -0.25) is 4.98 Å². The van der Waals surface area contributed by atoms with Gasteiger partial charge in [-0.2, -0.15) is 0 Å². The van der Waals surface area contributed by atoms with Crippen molar-refractivity contribution in [2.45, 2.75) is 19.4 Å². The van der Waals surface area contributed by atoms with Crippen molar-refractivity contribution in [2.24, 2.45) is 0 Å². The molecule has 0 aliphatic heterocycles. The monoisotopic (exact) mass is 286 g/mol. The molecule has 1 N–H and O–H groups in total. The summed E-state index contributed by atoms with van der Waals surface area (Å²) in [5.41, 5.74) is 1.12. The van der Waals surface area contributed by atoms with Gasteiger partial charge in [0.2, 0.25) is 0 Å². The number of hydrogen-bond donors (Lipinski definition) is 1. The number of aromatic nitrogens is 1. The highest BCUT2D eigenvalue weighted by Gasteiger charge is 2.12. The van der Waals surface area contributed by atoms with Crippen LogP contribution < -0.4 is 14.8 Å². The van der Waals surface area contributed by atoms with Crippen LogP contribution in [0.1, 0.15) is 24.9 Å². The highest BCUT2D eigenvalue weighted by Crippen LogP contribution is 2.21. The molecule has 1 aromatic carbocycles. The standard InChI is InChI=1S/C17H22N2O2/c1-3-19-17(14-11-16(20-2)13-18-12-14)9-10-21-15-7-5-4-6-8-15/h4-8,11-13,17,19H,3,9-10H2,1-2H3. The smallest absolute Gasteiger partial charge is 0.137 e. The van der Waals surface area contributed by atoms with Gasteiger partial charge in [0.25, 0.3) is 0 Å². The maximum atomic E-state index is 5.77. The SMILES string of the molecule is CCNC(CCOc1ccccc1)c1cncc(OC)c1. The summed E-state index contributed by atoms with van der Waals surface area (Å²) in [5.74, 6) is 1.68. The third-order valence-corrected chi connectivity index (χ3v) is 3.24. The Balaban J connectivity index is 1.95. The molecule has 1 unspecified atom stereocenters. The molecule has 1 aromatic heterocycles. The molecular formula is C17H22N2O2. The zero-order chi connectivity index (χ0) is 14.9. The zero-order valence-corrected chi connectivity index (χ0v) is 12.6. The molecule has 0 saturated heterocycles. The van der Waals surface area contributed by atoms with Crippen molar-refractivity contribution in [3.05, 3.63) is 54.4 Å². The summed E-state index contributed by atoms with van der Waals surface area (Å²) in [6, 6.07) is 12.1. The van der Waals surface area contributed by atoms with Crippen molar-refractivity contribution in [3.63, 3.8) is 0 Å². The molecule has 0 spiro atoms. The summed E-state index contributed by atoms with van der Waals surface area (Å²) in [4.78, 5) is 4.22. The lowest BCUT2D eigenvalue weighted by Crippen LogP contribution is -2.23. The molecular weight excluding hydrogens is 264 g/mol. The number of benzene rings is 1. The van der Waals surface area contributed by atoms with Crippen molar-refractivity contribution >= 4 is 0 Å². The van der Waals surface area contributed by atoms with E-state index >= 15 is 0 Å². The number of para-hydroxylation sites is 1. The Hall–Kier alpha value is -2.07. The first kappa shape index (κ1) is 15.3. The molecule has 0 fully saturated rings. The highest BCUT2D eigenvalue weighted by atomic mass is 16.5. The van der Waals surface area contributed by atoms with Gasteiger partial charge in [-0.05, 0) is 30.3 Å². The number of nitrogens with zero attached hydrogens (tertiary/aromatic N) is 1. The number of ether oxygens (including phenoxy) is 2. The van der Waals surface area contributed by atoms with E-state index < -0.39 is 0 Å². The Morgan fingerprint density at radius 2 is 1.95 bits per heavy atom. The third-order valence-electron chi connectivity index (χ3n) is 3.24. The van der Waals surface area contributed by atoms with E-state index in [-0.39, 0.29) is 6.04 Å². The topological polar surface area (TPSA) is 43.4 Å². The molecule has 4 heteroatoms. The van der Waals surface area contributed by atoms with E-state index in [0.717, 1.165) is 30.0 Å². The average Bonchev–Trinajstić information content (AvgIpc) is 2.55. The van der Waals surface area contributed by atoms with Crippen LogP contribution in [0.4, 0.5) is 0 Å². The van der Waals surface area contributed by atoms with E-state index in [9.17, 15) is 0 Å². The first-order valence-electron chi connectivity index (χ1n) is 7.23. The Labute approximate surface area is 126 Å². The highest BCUT2D eigenvalue weighted by molar-refractivity contribution is 5.26. The van der Waals surface area contributed by atoms with Crippen molar-refractivity contribution in [3.8, 4) is 11.5 Å². The Morgan fingerprint density at radius 3 is 2.67 bits per heavy atom. The molecule has 0 aliphatic rings. The summed E-state index contributed by atoms with van der Waals surface area (Å²) in [6.45, 7) is 3.64. The van der Waals surface area contributed by atoms with Gasteiger partial charge in [-0.25, -0.2) is 0 Å². The second-order valence-electron chi connectivity index (χ2n) is 4.72. The minimum absolute atomic E-state index is 0.210. The summed E-state index contributed by atoms with van der Waals surface area (Å²) < 4.78 is 11.0. The van der Waals surface area contributed by atoms with E-state index in [4.69, 9.17) is 9.47 Å². The van der Waals surface area contributed by atoms with Gasteiger partial charge in [-0.1, -0.05) is 25.1 Å². The molecule has 2 aromatic rings.